The molecule has 3 aromatic carbocycles. The van der Waals surface area contributed by atoms with Crippen molar-refractivity contribution < 1.29 is 4.79 Å². The van der Waals surface area contributed by atoms with E-state index in [-0.39, 0.29) is 5.91 Å². The van der Waals surface area contributed by atoms with Crippen molar-refractivity contribution in [2.75, 3.05) is 18.4 Å². The molecule has 4 nitrogen and oxygen atoms in total. The molecule has 39 heavy (non-hydrogen) atoms. The molecule has 2 atom stereocenters. The maximum Gasteiger partial charge on any atom is 0.224 e. The number of unbranched alkanes of at least 4 members (excludes halogenated alkanes) is 2. The largest absolute Gasteiger partial charge is 0.326 e. The van der Waals surface area contributed by atoms with Crippen molar-refractivity contribution in [2.45, 2.75) is 77.3 Å². The first-order chi connectivity index (χ1) is 18.9. The lowest BCUT2D eigenvalue weighted by Crippen LogP contribution is -2.30. The molecule has 0 bridgehead atoms. The highest BCUT2D eigenvalue weighted by molar-refractivity contribution is 6.30. The summed E-state index contributed by atoms with van der Waals surface area (Å²) in [7, 11) is 0. The van der Waals surface area contributed by atoms with Crippen molar-refractivity contribution in [1.29, 1.82) is 0 Å². The number of halogens is 2. The van der Waals surface area contributed by atoms with E-state index >= 15 is 0 Å². The number of rotatable bonds is 17. The first-order valence-electron chi connectivity index (χ1n) is 14.2. The van der Waals surface area contributed by atoms with Gasteiger partial charge in [0.15, 0.2) is 0 Å². The van der Waals surface area contributed by atoms with Gasteiger partial charge >= 0.3 is 0 Å². The SMILES string of the molecule is CC(CCCCCC(=O)Nc1ccc(CC(C)NCCc2cccc(Cl)c2)cc1)NCCc1cccc(Cl)c1. The summed E-state index contributed by atoms with van der Waals surface area (Å²) >= 11 is 12.1. The molecule has 2 unspecified atom stereocenters. The zero-order valence-electron chi connectivity index (χ0n) is 23.3. The third kappa shape index (κ3) is 13.0. The van der Waals surface area contributed by atoms with Gasteiger partial charge in [0.2, 0.25) is 5.91 Å². The monoisotopic (exact) mass is 567 g/mol. The highest BCUT2D eigenvalue weighted by Crippen LogP contribution is 2.14. The third-order valence-electron chi connectivity index (χ3n) is 6.91. The van der Waals surface area contributed by atoms with Gasteiger partial charge in [0.25, 0.3) is 0 Å². The molecular weight excluding hydrogens is 525 g/mol. The Morgan fingerprint density at radius 2 is 1.31 bits per heavy atom. The molecule has 3 rings (SSSR count). The highest BCUT2D eigenvalue weighted by Gasteiger charge is 2.07. The summed E-state index contributed by atoms with van der Waals surface area (Å²) < 4.78 is 0. The molecule has 1 amide bonds. The summed E-state index contributed by atoms with van der Waals surface area (Å²) in [4.78, 5) is 12.4. The number of hydrogen-bond acceptors (Lipinski definition) is 3. The van der Waals surface area contributed by atoms with Gasteiger partial charge in [-0.25, -0.2) is 0 Å². The van der Waals surface area contributed by atoms with Gasteiger partial charge in [0.05, 0.1) is 0 Å². The van der Waals surface area contributed by atoms with Crippen molar-refractivity contribution in [1.82, 2.24) is 10.6 Å². The van der Waals surface area contributed by atoms with E-state index in [9.17, 15) is 4.79 Å². The molecule has 3 aromatic rings. The molecule has 0 aromatic heterocycles. The Kier molecular flexibility index (Phi) is 13.9. The molecule has 0 spiro atoms. The Hall–Kier alpha value is -2.37. The standard InChI is InChI=1S/C33H43Cl2N3O/c1-25(36-20-18-27-9-6-11-30(34)23-27)8-4-3-5-13-33(39)38-32-16-14-29(15-17-32)22-26(2)37-21-19-28-10-7-12-31(35)24-28/h6-7,9-12,14-17,23-26,36-37H,3-5,8,13,18-22H2,1-2H3,(H,38,39). The fourth-order valence-corrected chi connectivity index (χ4v) is 5.12. The molecule has 3 N–H and O–H groups in total. The highest BCUT2D eigenvalue weighted by atomic mass is 35.5. The molecule has 0 heterocycles. The van der Waals surface area contributed by atoms with Crippen LogP contribution in [-0.4, -0.2) is 31.1 Å². The van der Waals surface area contributed by atoms with Crippen molar-refractivity contribution in [3.8, 4) is 0 Å². The maximum atomic E-state index is 12.4. The zero-order chi connectivity index (χ0) is 27.9. The average Bonchev–Trinajstić information content (AvgIpc) is 2.90. The van der Waals surface area contributed by atoms with E-state index in [2.05, 4.69) is 54.1 Å². The van der Waals surface area contributed by atoms with E-state index in [0.717, 1.165) is 73.8 Å². The summed E-state index contributed by atoms with van der Waals surface area (Å²) in [6.45, 7) is 6.29. The molecule has 0 fully saturated rings. The van der Waals surface area contributed by atoms with E-state index in [1.165, 1.54) is 16.7 Å². The summed E-state index contributed by atoms with van der Waals surface area (Å²) in [5, 5.41) is 11.8. The first kappa shape index (κ1) is 31.2. The maximum absolute atomic E-state index is 12.4. The molecule has 0 aliphatic rings. The predicted molar refractivity (Wildman–Crippen MR) is 167 cm³/mol. The summed E-state index contributed by atoms with van der Waals surface area (Å²) in [5.41, 5.74) is 4.62. The number of carbonyl (C=O) groups excluding carboxylic acids is 1. The van der Waals surface area contributed by atoms with Crippen LogP contribution in [0.2, 0.25) is 10.0 Å². The summed E-state index contributed by atoms with van der Waals surface area (Å²) in [5.74, 6) is 0.0893. The van der Waals surface area contributed by atoms with Gasteiger partial charge in [-0.1, -0.05) is 72.4 Å². The second-order valence-electron chi connectivity index (χ2n) is 10.5. The van der Waals surface area contributed by atoms with Gasteiger partial charge in [0.1, 0.15) is 0 Å². The van der Waals surface area contributed by atoms with Crippen LogP contribution in [0.4, 0.5) is 5.69 Å². The minimum Gasteiger partial charge on any atom is -0.326 e. The van der Waals surface area contributed by atoms with E-state index < -0.39 is 0 Å². The quantitative estimate of drug-likeness (QED) is 0.145. The van der Waals surface area contributed by atoms with Crippen LogP contribution in [0.1, 0.15) is 62.6 Å². The fraction of sp³-hybridized carbons (Fsp3) is 0.424. The van der Waals surface area contributed by atoms with Crippen molar-refractivity contribution in [3.05, 3.63) is 99.5 Å². The summed E-state index contributed by atoms with van der Waals surface area (Å²) in [6, 6.07) is 25.1. The van der Waals surface area contributed by atoms with Gasteiger partial charge in [0, 0.05) is 34.2 Å². The van der Waals surface area contributed by atoms with Crippen LogP contribution in [0.25, 0.3) is 0 Å². The van der Waals surface area contributed by atoms with Crippen LogP contribution in [0.3, 0.4) is 0 Å². The van der Waals surface area contributed by atoms with Crippen LogP contribution >= 0.6 is 23.2 Å². The molecule has 6 heteroatoms. The van der Waals surface area contributed by atoms with Gasteiger partial charge in [-0.15, -0.1) is 0 Å². The average molecular weight is 569 g/mol. The van der Waals surface area contributed by atoms with Crippen LogP contribution in [0, 0.1) is 0 Å². The molecule has 0 aliphatic heterocycles. The minimum atomic E-state index is 0.0893. The van der Waals surface area contributed by atoms with Gasteiger partial charge < -0.3 is 16.0 Å². The molecule has 0 saturated heterocycles. The second kappa shape index (κ2) is 17.3. The van der Waals surface area contributed by atoms with E-state index in [1.807, 2.05) is 48.5 Å². The fourth-order valence-electron chi connectivity index (χ4n) is 4.70. The Labute approximate surface area is 244 Å². The normalized spacial score (nSPS) is 12.7. The molecule has 210 valence electrons. The topological polar surface area (TPSA) is 53.2 Å². The Balaban J connectivity index is 1.22. The van der Waals surface area contributed by atoms with E-state index in [0.29, 0.717) is 18.5 Å². The van der Waals surface area contributed by atoms with Crippen molar-refractivity contribution in [2.24, 2.45) is 0 Å². The van der Waals surface area contributed by atoms with E-state index in [4.69, 9.17) is 23.2 Å². The van der Waals surface area contributed by atoms with Crippen LogP contribution in [-0.2, 0) is 24.1 Å². The molecule has 0 radical (unpaired) electrons. The predicted octanol–water partition coefficient (Wildman–Crippen LogP) is 7.87. The molecular formula is C33H43Cl2N3O. The number of carbonyl (C=O) groups is 1. The molecule has 0 saturated carbocycles. The van der Waals surface area contributed by atoms with Gasteiger partial charge in [-0.3, -0.25) is 4.79 Å². The molecule has 0 aliphatic carbocycles. The van der Waals surface area contributed by atoms with Crippen LogP contribution < -0.4 is 16.0 Å². The van der Waals surface area contributed by atoms with Gasteiger partial charge in [-0.05, 0) is 112 Å². The van der Waals surface area contributed by atoms with Crippen molar-refractivity contribution in [3.63, 3.8) is 0 Å². The van der Waals surface area contributed by atoms with Crippen LogP contribution in [0.15, 0.2) is 72.8 Å². The lowest BCUT2D eigenvalue weighted by molar-refractivity contribution is -0.116. The lowest BCUT2D eigenvalue weighted by Gasteiger charge is -2.15. The number of benzene rings is 3. The minimum absolute atomic E-state index is 0.0893. The second-order valence-corrected chi connectivity index (χ2v) is 11.4. The Morgan fingerprint density at radius 3 is 1.90 bits per heavy atom. The zero-order valence-corrected chi connectivity index (χ0v) is 24.8. The first-order valence-corrected chi connectivity index (χ1v) is 15.0. The Bertz CT molecular complexity index is 1140. The number of anilines is 1. The van der Waals surface area contributed by atoms with E-state index in [1.54, 1.807) is 0 Å². The summed E-state index contributed by atoms with van der Waals surface area (Å²) in [6.07, 6.45) is 7.66. The number of nitrogens with one attached hydrogen (secondary N) is 3. The Morgan fingerprint density at radius 1 is 0.718 bits per heavy atom. The third-order valence-corrected chi connectivity index (χ3v) is 7.38. The van der Waals surface area contributed by atoms with Gasteiger partial charge in [-0.2, -0.15) is 0 Å². The number of hydrogen-bond donors (Lipinski definition) is 3. The smallest absolute Gasteiger partial charge is 0.224 e. The van der Waals surface area contributed by atoms with Crippen LogP contribution in [0.5, 0.6) is 0 Å². The number of amides is 1. The lowest BCUT2D eigenvalue weighted by atomic mass is 10.1. The van der Waals surface area contributed by atoms with Crippen molar-refractivity contribution >= 4 is 34.8 Å².